The van der Waals surface area contributed by atoms with Crippen molar-refractivity contribution in [2.75, 3.05) is 44.3 Å². The first kappa shape index (κ1) is 15.6. The van der Waals surface area contributed by atoms with Crippen LogP contribution in [0.5, 0.6) is 0 Å². The van der Waals surface area contributed by atoms with Crippen molar-refractivity contribution in [3.63, 3.8) is 0 Å². The van der Waals surface area contributed by atoms with E-state index in [9.17, 15) is 0 Å². The molecule has 2 saturated heterocycles. The maximum absolute atomic E-state index is 5.35. The van der Waals surface area contributed by atoms with E-state index in [1.165, 1.54) is 13.0 Å². The lowest BCUT2D eigenvalue weighted by Gasteiger charge is -2.26. The van der Waals surface area contributed by atoms with Crippen LogP contribution in [-0.4, -0.2) is 66.3 Å². The van der Waals surface area contributed by atoms with E-state index in [1.807, 2.05) is 12.4 Å². The predicted molar refractivity (Wildman–Crippen MR) is 87.0 cm³/mol. The fourth-order valence-corrected chi connectivity index (χ4v) is 3.05. The molecular formula is C16H27N5O. The van der Waals surface area contributed by atoms with Crippen LogP contribution in [0.15, 0.2) is 12.4 Å². The monoisotopic (exact) mass is 305 g/mol. The van der Waals surface area contributed by atoms with Gasteiger partial charge in [0.1, 0.15) is 0 Å². The Bertz CT molecular complexity index is 458. The van der Waals surface area contributed by atoms with Gasteiger partial charge in [-0.3, -0.25) is 4.90 Å². The lowest BCUT2D eigenvalue weighted by atomic mass is 10.2. The van der Waals surface area contributed by atoms with Crippen LogP contribution in [0.2, 0.25) is 0 Å². The highest BCUT2D eigenvalue weighted by Crippen LogP contribution is 2.13. The van der Waals surface area contributed by atoms with E-state index in [4.69, 9.17) is 4.74 Å². The Hall–Kier alpha value is -1.24. The molecule has 1 unspecified atom stereocenters. The van der Waals surface area contributed by atoms with E-state index < -0.39 is 0 Å². The second-order valence-corrected chi connectivity index (χ2v) is 6.45. The molecule has 2 aliphatic heterocycles. The van der Waals surface area contributed by atoms with Crippen LogP contribution >= 0.6 is 0 Å². The number of ether oxygens (including phenoxy) is 1. The number of aromatic nitrogens is 2. The lowest BCUT2D eigenvalue weighted by Crippen LogP contribution is -2.37. The highest BCUT2D eigenvalue weighted by atomic mass is 16.5. The van der Waals surface area contributed by atoms with E-state index in [0.29, 0.717) is 12.1 Å². The fourth-order valence-electron chi connectivity index (χ4n) is 3.05. The van der Waals surface area contributed by atoms with E-state index >= 15 is 0 Å². The average molecular weight is 305 g/mol. The van der Waals surface area contributed by atoms with Gasteiger partial charge in [0.05, 0.1) is 13.2 Å². The van der Waals surface area contributed by atoms with E-state index in [0.717, 1.165) is 50.9 Å². The summed E-state index contributed by atoms with van der Waals surface area (Å²) in [5.41, 5.74) is 1.15. The first-order valence-electron chi connectivity index (χ1n) is 8.33. The van der Waals surface area contributed by atoms with Gasteiger partial charge in [-0.1, -0.05) is 0 Å². The van der Waals surface area contributed by atoms with Gasteiger partial charge in [-0.05, 0) is 26.8 Å². The molecule has 0 amide bonds. The van der Waals surface area contributed by atoms with Crippen LogP contribution in [0.25, 0.3) is 0 Å². The number of nitrogens with one attached hydrogen (secondary N) is 1. The van der Waals surface area contributed by atoms with Crippen molar-refractivity contribution in [1.29, 1.82) is 0 Å². The van der Waals surface area contributed by atoms with Crippen LogP contribution in [0.3, 0.4) is 0 Å². The zero-order valence-electron chi connectivity index (χ0n) is 13.7. The minimum Gasteiger partial charge on any atom is -0.378 e. The number of likely N-dealkylation sites (tertiary alicyclic amines) is 1. The van der Waals surface area contributed by atoms with Crippen LogP contribution in [0, 0.1) is 0 Å². The molecule has 0 saturated carbocycles. The standard InChI is InChI=1S/C16H27N5O/c1-13(2)21-4-3-15(12-21)17-9-14-10-18-16(19-11-14)20-5-7-22-8-6-20/h10-11,13,15,17H,3-9,12H2,1-2H3. The minimum atomic E-state index is 0.585. The topological polar surface area (TPSA) is 53.5 Å². The van der Waals surface area contributed by atoms with Crippen LogP contribution in [0.1, 0.15) is 25.8 Å². The summed E-state index contributed by atoms with van der Waals surface area (Å²) >= 11 is 0. The summed E-state index contributed by atoms with van der Waals surface area (Å²) in [6, 6.07) is 1.23. The third-order valence-electron chi connectivity index (χ3n) is 4.53. The lowest BCUT2D eigenvalue weighted by molar-refractivity contribution is 0.122. The highest BCUT2D eigenvalue weighted by Gasteiger charge is 2.23. The first-order valence-corrected chi connectivity index (χ1v) is 8.33. The van der Waals surface area contributed by atoms with Gasteiger partial charge in [0.25, 0.3) is 0 Å². The van der Waals surface area contributed by atoms with Crippen molar-refractivity contribution in [2.24, 2.45) is 0 Å². The van der Waals surface area contributed by atoms with Crippen molar-refractivity contribution in [2.45, 2.75) is 38.9 Å². The number of anilines is 1. The number of hydrogen-bond donors (Lipinski definition) is 1. The maximum Gasteiger partial charge on any atom is 0.225 e. The molecule has 1 N–H and O–H groups in total. The molecule has 1 aromatic rings. The molecule has 122 valence electrons. The summed E-state index contributed by atoms with van der Waals surface area (Å²) < 4.78 is 5.35. The summed E-state index contributed by atoms with van der Waals surface area (Å²) in [5, 5.41) is 3.63. The van der Waals surface area contributed by atoms with Gasteiger partial charge >= 0.3 is 0 Å². The molecule has 0 aliphatic carbocycles. The SMILES string of the molecule is CC(C)N1CCC(NCc2cnc(N3CCOCC3)nc2)C1. The Morgan fingerprint density at radius 2 is 1.95 bits per heavy atom. The second kappa shape index (κ2) is 7.35. The molecule has 3 heterocycles. The van der Waals surface area contributed by atoms with E-state index in [1.54, 1.807) is 0 Å². The molecule has 22 heavy (non-hydrogen) atoms. The van der Waals surface area contributed by atoms with Gasteiger partial charge in [0, 0.05) is 56.2 Å². The Kier molecular flexibility index (Phi) is 5.23. The van der Waals surface area contributed by atoms with Crippen molar-refractivity contribution in [3.8, 4) is 0 Å². The van der Waals surface area contributed by atoms with Gasteiger partial charge in [-0.25, -0.2) is 9.97 Å². The largest absolute Gasteiger partial charge is 0.378 e. The normalized spacial score (nSPS) is 23.4. The zero-order chi connectivity index (χ0) is 15.4. The molecule has 6 nitrogen and oxygen atoms in total. The summed E-state index contributed by atoms with van der Waals surface area (Å²) in [4.78, 5) is 13.7. The number of morpholine rings is 1. The molecule has 6 heteroatoms. The summed E-state index contributed by atoms with van der Waals surface area (Å²) in [7, 11) is 0. The predicted octanol–water partition coefficient (Wildman–Crippen LogP) is 0.886. The summed E-state index contributed by atoms with van der Waals surface area (Å²) in [5.74, 6) is 0.818. The van der Waals surface area contributed by atoms with Crippen LogP contribution < -0.4 is 10.2 Å². The van der Waals surface area contributed by atoms with Gasteiger partial charge in [-0.2, -0.15) is 0 Å². The van der Waals surface area contributed by atoms with Crippen molar-refractivity contribution >= 4 is 5.95 Å². The molecule has 1 aromatic heterocycles. The molecule has 1 atom stereocenters. The fraction of sp³-hybridized carbons (Fsp3) is 0.750. The first-order chi connectivity index (χ1) is 10.7. The van der Waals surface area contributed by atoms with Gasteiger partial charge < -0.3 is 15.0 Å². The minimum absolute atomic E-state index is 0.585. The van der Waals surface area contributed by atoms with Crippen LogP contribution in [-0.2, 0) is 11.3 Å². The number of rotatable bonds is 5. The molecule has 0 radical (unpaired) electrons. The van der Waals surface area contributed by atoms with Gasteiger partial charge in [0.2, 0.25) is 5.95 Å². The maximum atomic E-state index is 5.35. The van der Waals surface area contributed by atoms with Gasteiger partial charge in [0.15, 0.2) is 0 Å². The Morgan fingerprint density at radius 1 is 1.23 bits per heavy atom. The molecule has 2 fully saturated rings. The average Bonchev–Trinajstić information content (AvgIpc) is 3.04. The quantitative estimate of drug-likeness (QED) is 0.872. The molecule has 0 bridgehead atoms. The molecule has 0 spiro atoms. The number of nitrogens with zero attached hydrogens (tertiary/aromatic N) is 4. The van der Waals surface area contributed by atoms with Crippen molar-refractivity contribution < 1.29 is 4.74 Å². The molecule has 2 aliphatic rings. The van der Waals surface area contributed by atoms with Crippen molar-refractivity contribution in [1.82, 2.24) is 20.2 Å². The third-order valence-corrected chi connectivity index (χ3v) is 4.53. The van der Waals surface area contributed by atoms with Crippen molar-refractivity contribution in [3.05, 3.63) is 18.0 Å². The Balaban J connectivity index is 1.47. The zero-order valence-corrected chi connectivity index (χ0v) is 13.7. The molecule has 3 rings (SSSR count). The molecule has 0 aromatic carbocycles. The third kappa shape index (κ3) is 3.94. The van der Waals surface area contributed by atoms with Crippen LogP contribution in [0.4, 0.5) is 5.95 Å². The number of hydrogen-bond acceptors (Lipinski definition) is 6. The Labute approximate surface area is 132 Å². The van der Waals surface area contributed by atoms with E-state index in [-0.39, 0.29) is 0 Å². The van der Waals surface area contributed by atoms with Gasteiger partial charge in [-0.15, -0.1) is 0 Å². The smallest absolute Gasteiger partial charge is 0.225 e. The van der Waals surface area contributed by atoms with E-state index in [2.05, 4.69) is 38.9 Å². The summed E-state index contributed by atoms with van der Waals surface area (Å²) in [6.45, 7) is 11.0. The molecular weight excluding hydrogens is 278 g/mol. The second-order valence-electron chi connectivity index (χ2n) is 6.45. The Morgan fingerprint density at radius 3 is 2.59 bits per heavy atom. The highest BCUT2D eigenvalue weighted by molar-refractivity contribution is 5.30. The summed E-state index contributed by atoms with van der Waals surface area (Å²) in [6.07, 6.45) is 5.12.